The van der Waals surface area contributed by atoms with Crippen LogP contribution in [-0.2, 0) is 12.8 Å². The number of anilines is 1. The van der Waals surface area contributed by atoms with Gasteiger partial charge in [0.2, 0.25) is 0 Å². The molecule has 0 saturated carbocycles. The highest BCUT2D eigenvalue weighted by Gasteiger charge is 2.11. The number of hydrogen-bond acceptors (Lipinski definition) is 5. The first-order valence-corrected chi connectivity index (χ1v) is 7.05. The van der Waals surface area contributed by atoms with Gasteiger partial charge in [-0.15, -0.1) is 11.3 Å². The lowest BCUT2D eigenvalue weighted by Crippen LogP contribution is -2.08. The van der Waals surface area contributed by atoms with Gasteiger partial charge in [-0.25, -0.2) is 15.0 Å². The smallest absolute Gasteiger partial charge is 0.132 e. The average molecular weight is 262 g/mol. The van der Waals surface area contributed by atoms with E-state index in [1.807, 2.05) is 18.6 Å². The van der Waals surface area contributed by atoms with Crippen LogP contribution in [0.5, 0.6) is 0 Å². The largest absolute Gasteiger partial charge is 0.373 e. The lowest BCUT2D eigenvalue weighted by Gasteiger charge is -2.11. The summed E-state index contributed by atoms with van der Waals surface area (Å²) in [5.41, 5.74) is 2.19. The molecule has 96 valence electrons. The van der Waals surface area contributed by atoms with Gasteiger partial charge >= 0.3 is 0 Å². The van der Waals surface area contributed by atoms with Crippen LogP contribution in [0, 0.1) is 6.92 Å². The van der Waals surface area contributed by atoms with E-state index < -0.39 is 0 Å². The molecule has 0 aliphatic rings. The Morgan fingerprint density at radius 2 is 2.17 bits per heavy atom. The summed E-state index contributed by atoms with van der Waals surface area (Å²) in [5.74, 6) is 1.85. The summed E-state index contributed by atoms with van der Waals surface area (Å²) in [5, 5.41) is 6.24. The van der Waals surface area contributed by atoms with Gasteiger partial charge in [0.25, 0.3) is 0 Å². The van der Waals surface area contributed by atoms with E-state index in [2.05, 4.69) is 34.1 Å². The van der Waals surface area contributed by atoms with Crippen LogP contribution in [0.25, 0.3) is 0 Å². The number of nitrogens with zero attached hydrogens (tertiary/aromatic N) is 3. The molecule has 5 heteroatoms. The van der Waals surface area contributed by atoms with E-state index >= 15 is 0 Å². The zero-order chi connectivity index (χ0) is 13.0. The van der Waals surface area contributed by atoms with Crippen molar-refractivity contribution >= 4 is 17.2 Å². The third-order valence-electron chi connectivity index (χ3n) is 2.81. The van der Waals surface area contributed by atoms with E-state index in [9.17, 15) is 0 Å². The minimum Gasteiger partial charge on any atom is -0.373 e. The van der Waals surface area contributed by atoms with Crippen molar-refractivity contribution < 1.29 is 0 Å². The summed E-state index contributed by atoms with van der Waals surface area (Å²) in [7, 11) is 1.90. The van der Waals surface area contributed by atoms with Gasteiger partial charge in [-0.2, -0.15) is 0 Å². The predicted octanol–water partition coefficient (Wildman–Crippen LogP) is 2.83. The molecule has 0 amide bonds. The van der Waals surface area contributed by atoms with Gasteiger partial charge in [0.15, 0.2) is 0 Å². The van der Waals surface area contributed by atoms with Gasteiger partial charge in [0.05, 0.1) is 10.7 Å². The molecule has 0 aromatic carbocycles. The fourth-order valence-electron chi connectivity index (χ4n) is 1.85. The molecule has 2 heterocycles. The van der Waals surface area contributed by atoms with Crippen LogP contribution in [0.4, 0.5) is 5.82 Å². The van der Waals surface area contributed by atoms with E-state index in [0.717, 1.165) is 47.2 Å². The van der Waals surface area contributed by atoms with E-state index in [1.54, 1.807) is 11.3 Å². The molecule has 4 nitrogen and oxygen atoms in total. The normalized spacial score (nSPS) is 10.6. The van der Waals surface area contributed by atoms with Gasteiger partial charge in [-0.05, 0) is 13.3 Å². The molecule has 2 aromatic heterocycles. The van der Waals surface area contributed by atoms with E-state index in [0.29, 0.717) is 0 Å². The van der Waals surface area contributed by atoms with Crippen LogP contribution in [0.3, 0.4) is 0 Å². The first kappa shape index (κ1) is 13.0. The standard InChI is InChI=1S/C13H18N4S/c1-4-5-11-16-10(8-12-15-6-7-18-12)9(2)13(14-3)17-11/h6-7H,4-5,8H2,1-3H3,(H,14,16,17). The minimum atomic E-state index is 0.789. The fourth-order valence-corrected chi connectivity index (χ4v) is 2.47. The van der Waals surface area contributed by atoms with Crippen molar-refractivity contribution in [2.45, 2.75) is 33.1 Å². The summed E-state index contributed by atoms with van der Waals surface area (Å²) >= 11 is 1.67. The maximum absolute atomic E-state index is 4.66. The number of hydrogen-bond donors (Lipinski definition) is 1. The average Bonchev–Trinajstić information content (AvgIpc) is 2.86. The van der Waals surface area contributed by atoms with E-state index in [4.69, 9.17) is 0 Å². The maximum Gasteiger partial charge on any atom is 0.132 e. The Balaban J connectivity index is 2.34. The first-order chi connectivity index (χ1) is 8.74. The van der Waals surface area contributed by atoms with Crippen LogP contribution in [0.15, 0.2) is 11.6 Å². The fraction of sp³-hybridized carbons (Fsp3) is 0.462. The van der Waals surface area contributed by atoms with E-state index in [-0.39, 0.29) is 0 Å². The summed E-state index contributed by atoms with van der Waals surface area (Å²) < 4.78 is 0. The van der Waals surface area contributed by atoms with E-state index in [1.165, 1.54) is 0 Å². The van der Waals surface area contributed by atoms with Crippen LogP contribution in [0.1, 0.15) is 35.4 Å². The number of thiazole rings is 1. The summed E-state index contributed by atoms with van der Waals surface area (Å²) in [4.78, 5) is 13.5. The molecule has 0 radical (unpaired) electrons. The van der Waals surface area contributed by atoms with Crippen molar-refractivity contribution in [1.82, 2.24) is 15.0 Å². The van der Waals surface area contributed by atoms with Crippen LogP contribution < -0.4 is 5.32 Å². The first-order valence-electron chi connectivity index (χ1n) is 6.17. The molecule has 0 fully saturated rings. The molecule has 18 heavy (non-hydrogen) atoms. The molecule has 0 bridgehead atoms. The summed E-state index contributed by atoms with van der Waals surface area (Å²) in [6, 6.07) is 0. The minimum absolute atomic E-state index is 0.789. The molecular weight excluding hydrogens is 244 g/mol. The van der Waals surface area contributed by atoms with Crippen molar-refractivity contribution in [3.63, 3.8) is 0 Å². The Kier molecular flexibility index (Phi) is 4.25. The quantitative estimate of drug-likeness (QED) is 0.900. The molecule has 0 atom stereocenters. The van der Waals surface area contributed by atoms with Gasteiger partial charge in [-0.1, -0.05) is 6.92 Å². The highest BCUT2D eigenvalue weighted by molar-refractivity contribution is 7.09. The van der Waals surface area contributed by atoms with Gasteiger partial charge in [0, 0.05) is 37.0 Å². The number of aryl methyl sites for hydroxylation is 1. The van der Waals surface area contributed by atoms with Crippen LogP contribution in [0.2, 0.25) is 0 Å². The zero-order valence-corrected chi connectivity index (χ0v) is 11.8. The summed E-state index contributed by atoms with van der Waals surface area (Å²) in [6.07, 6.45) is 4.60. The summed E-state index contributed by atoms with van der Waals surface area (Å²) in [6.45, 7) is 4.20. The Morgan fingerprint density at radius 3 is 2.78 bits per heavy atom. The van der Waals surface area contributed by atoms with Crippen LogP contribution >= 0.6 is 11.3 Å². The Morgan fingerprint density at radius 1 is 1.33 bits per heavy atom. The van der Waals surface area contributed by atoms with Crippen molar-refractivity contribution in [2.75, 3.05) is 12.4 Å². The van der Waals surface area contributed by atoms with Gasteiger partial charge < -0.3 is 5.32 Å². The molecule has 0 aliphatic heterocycles. The molecule has 2 rings (SSSR count). The lowest BCUT2D eigenvalue weighted by atomic mass is 10.1. The second-order valence-corrected chi connectivity index (χ2v) is 5.14. The number of nitrogens with one attached hydrogen (secondary N) is 1. The van der Waals surface area contributed by atoms with Crippen molar-refractivity contribution in [2.24, 2.45) is 0 Å². The third-order valence-corrected chi connectivity index (χ3v) is 3.59. The van der Waals surface area contributed by atoms with Gasteiger partial charge in [-0.3, -0.25) is 0 Å². The van der Waals surface area contributed by atoms with Crippen molar-refractivity contribution in [3.05, 3.63) is 33.7 Å². The lowest BCUT2D eigenvalue weighted by molar-refractivity contribution is 0.812. The van der Waals surface area contributed by atoms with Crippen molar-refractivity contribution in [1.29, 1.82) is 0 Å². The zero-order valence-electron chi connectivity index (χ0n) is 11.0. The van der Waals surface area contributed by atoms with Crippen LogP contribution in [-0.4, -0.2) is 22.0 Å². The Bertz CT molecular complexity index is 508. The van der Waals surface area contributed by atoms with Crippen molar-refractivity contribution in [3.8, 4) is 0 Å². The number of aromatic nitrogens is 3. The topological polar surface area (TPSA) is 50.7 Å². The molecule has 0 aliphatic carbocycles. The Labute approximate surface area is 112 Å². The van der Waals surface area contributed by atoms with Gasteiger partial charge in [0.1, 0.15) is 11.6 Å². The molecule has 0 unspecified atom stereocenters. The highest BCUT2D eigenvalue weighted by atomic mass is 32.1. The molecule has 1 N–H and O–H groups in total. The second kappa shape index (κ2) is 5.91. The second-order valence-electron chi connectivity index (χ2n) is 4.16. The highest BCUT2D eigenvalue weighted by Crippen LogP contribution is 2.19. The Hall–Kier alpha value is -1.49. The molecular formula is C13H18N4S. The number of rotatable bonds is 5. The monoisotopic (exact) mass is 262 g/mol. The molecule has 2 aromatic rings. The maximum atomic E-state index is 4.66. The predicted molar refractivity (Wildman–Crippen MR) is 75.2 cm³/mol. The third kappa shape index (κ3) is 2.85. The SMILES string of the molecule is CCCc1nc(Cc2nccs2)c(C)c(NC)n1. The molecule has 0 saturated heterocycles. The molecule has 0 spiro atoms.